The molecule has 94 valence electrons. The molecule has 0 aromatic carbocycles. The number of Topliss-reactive ketones (excluding diaryl/α,β-unsaturated/α-hetero) is 1. The van der Waals surface area contributed by atoms with E-state index >= 15 is 0 Å². The fourth-order valence-corrected chi connectivity index (χ4v) is 2.18. The fourth-order valence-electron chi connectivity index (χ4n) is 0.890. The van der Waals surface area contributed by atoms with Crippen LogP contribution in [0.2, 0.25) is 0 Å². The van der Waals surface area contributed by atoms with Gasteiger partial charge < -0.3 is 4.52 Å². The van der Waals surface area contributed by atoms with Crippen molar-refractivity contribution in [1.82, 2.24) is 0 Å². The number of hydrogen-bond acceptors (Lipinski definition) is 5. The van der Waals surface area contributed by atoms with Gasteiger partial charge in [0, 0.05) is 5.57 Å². The lowest BCUT2D eigenvalue weighted by molar-refractivity contribution is -0.113. The van der Waals surface area contributed by atoms with E-state index in [4.69, 9.17) is 13.6 Å². The molecule has 0 N–H and O–H groups in total. The molecule has 0 aliphatic carbocycles. The Morgan fingerprint density at radius 3 is 1.81 bits per heavy atom. The molecule has 5 nitrogen and oxygen atoms in total. The lowest BCUT2D eigenvalue weighted by atomic mass is 10.2. The van der Waals surface area contributed by atoms with Crippen molar-refractivity contribution < 1.29 is 22.9 Å². The number of rotatable bonds is 7. The summed E-state index contributed by atoms with van der Waals surface area (Å²) >= 11 is 0. The molecule has 0 saturated carbocycles. The third-order valence-corrected chi connectivity index (χ3v) is 3.53. The standard InChI is InChI=1S/C10H19O5P/c1-6-13-16(12,14-7-2)15-10(5)8(3)9(4)11/h6-7H2,1-5H3. The molecule has 0 aromatic heterocycles. The van der Waals surface area contributed by atoms with Crippen LogP contribution in [-0.2, 0) is 22.9 Å². The van der Waals surface area contributed by atoms with Crippen LogP contribution in [-0.4, -0.2) is 19.0 Å². The minimum absolute atomic E-state index is 0.142. The van der Waals surface area contributed by atoms with Crippen LogP contribution in [0.1, 0.15) is 34.6 Å². The van der Waals surface area contributed by atoms with Crippen LogP contribution in [0, 0.1) is 0 Å². The first kappa shape index (κ1) is 15.4. The zero-order valence-corrected chi connectivity index (χ0v) is 11.3. The number of carbonyl (C=O) groups is 1. The van der Waals surface area contributed by atoms with Crippen LogP contribution in [0.25, 0.3) is 0 Å². The van der Waals surface area contributed by atoms with Crippen molar-refractivity contribution >= 4 is 13.6 Å². The smallest absolute Gasteiger partial charge is 0.408 e. The van der Waals surface area contributed by atoms with E-state index in [0.717, 1.165) is 0 Å². The lowest BCUT2D eigenvalue weighted by Gasteiger charge is -2.18. The number of carbonyl (C=O) groups excluding carboxylic acids is 1. The van der Waals surface area contributed by atoms with Crippen molar-refractivity contribution in [1.29, 1.82) is 0 Å². The number of phosphoric ester groups is 1. The zero-order chi connectivity index (χ0) is 12.8. The Labute approximate surface area is 96.4 Å². The Bertz CT molecular complexity index is 311. The van der Waals surface area contributed by atoms with Gasteiger partial charge in [-0.05, 0) is 34.6 Å². The largest absolute Gasteiger partial charge is 0.529 e. The van der Waals surface area contributed by atoms with Gasteiger partial charge in [-0.25, -0.2) is 4.57 Å². The molecule has 0 spiro atoms. The van der Waals surface area contributed by atoms with Crippen LogP contribution in [0.3, 0.4) is 0 Å². The highest BCUT2D eigenvalue weighted by atomic mass is 31.2. The van der Waals surface area contributed by atoms with Gasteiger partial charge in [0.25, 0.3) is 0 Å². The Morgan fingerprint density at radius 1 is 1.06 bits per heavy atom. The summed E-state index contributed by atoms with van der Waals surface area (Å²) in [5.41, 5.74) is 0.402. The summed E-state index contributed by atoms with van der Waals surface area (Å²) in [5.74, 6) is 0.120. The van der Waals surface area contributed by atoms with Crippen molar-refractivity contribution in [3.05, 3.63) is 11.3 Å². The SMILES string of the molecule is CCOP(=O)(OCC)OC(C)=C(C)C(C)=O. The van der Waals surface area contributed by atoms with Crippen molar-refractivity contribution in [2.45, 2.75) is 34.6 Å². The second-order valence-corrected chi connectivity index (χ2v) is 4.70. The van der Waals surface area contributed by atoms with Crippen LogP contribution in [0.4, 0.5) is 0 Å². The zero-order valence-electron chi connectivity index (χ0n) is 10.4. The summed E-state index contributed by atoms with van der Waals surface area (Å²) in [6.45, 7) is 8.36. The minimum Gasteiger partial charge on any atom is -0.408 e. The fraction of sp³-hybridized carbons (Fsp3) is 0.700. The number of hydrogen-bond donors (Lipinski definition) is 0. The van der Waals surface area contributed by atoms with Crippen molar-refractivity contribution in [3.8, 4) is 0 Å². The molecular weight excluding hydrogens is 231 g/mol. The molecule has 0 rings (SSSR count). The van der Waals surface area contributed by atoms with Gasteiger partial charge in [-0.15, -0.1) is 0 Å². The molecular formula is C10H19O5P. The summed E-state index contributed by atoms with van der Waals surface area (Å²) in [5, 5.41) is 0. The second kappa shape index (κ2) is 6.84. The molecule has 0 bridgehead atoms. The molecule has 6 heteroatoms. The molecule has 0 heterocycles. The van der Waals surface area contributed by atoms with Gasteiger partial charge in [0.15, 0.2) is 5.78 Å². The monoisotopic (exact) mass is 250 g/mol. The maximum absolute atomic E-state index is 11.9. The van der Waals surface area contributed by atoms with Crippen LogP contribution in [0.15, 0.2) is 11.3 Å². The predicted molar refractivity (Wildman–Crippen MR) is 61.0 cm³/mol. The molecule has 0 aliphatic heterocycles. The third-order valence-electron chi connectivity index (χ3n) is 1.88. The average Bonchev–Trinajstić information content (AvgIpc) is 2.16. The summed E-state index contributed by atoms with van der Waals surface area (Å²) in [6, 6.07) is 0. The van der Waals surface area contributed by atoms with Gasteiger partial charge in [-0.1, -0.05) is 0 Å². The van der Waals surface area contributed by atoms with Crippen LogP contribution < -0.4 is 0 Å². The molecule has 0 radical (unpaired) electrons. The molecule has 0 aromatic rings. The highest BCUT2D eigenvalue weighted by Gasteiger charge is 2.27. The number of allylic oxidation sites excluding steroid dienone is 2. The first-order chi connectivity index (χ1) is 7.36. The molecule has 0 saturated heterocycles. The van der Waals surface area contributed by atoms with Gasteiger partial charge in [0.2, 0.25) is 0 Å². The third kappa shape index (κ3) is 4.92. The van der Waals surface area contributed by atoms with Gasteiger partial charge in [-0.3, -0.25) is 13.8 Å². The Morgan fingerprint density at radius 2 is 1.50 bits per heavy atom. The Kier molecular flexibility index (Phi) is 6.56. The summed E-state index contributed by atoms with van der Waals surface area (Å²) < 4.78 is 26.9. The van der Waals surface area contributed by atoms with Gasteiger partial charge >= 0.3 is 7.82 Å². The molecule has 16 heavy (non-hydrogen) atoms. The van der Waals surface area contributed by atoms with Gasteiger partial charge in [-0.2, -0.15) is 0 Å². The minimum atomic E-state index is -3.58. The van der Waals surface area contributed by atoms with Crippen LogP contribution >= 0.6 is 7.82 Å². The Balaban J connectivity index is 4.83. The highest BCUT2D eigenvalue weighted by Crippen LogP contribution is 2.51. The topological polar surface area (TPSA) is 61.8 Å². The summed E-state index contributed by atoms with van der Waals surface area (Å²) in [6.07, 6.45) is 0. The van der Waals surface area contributed by atoms with E-state index in [-0.39, 0.29) is 24.8 Å². The van der Waals surface area contributed by atoms with Gasteiger partial charge in [0.1, 0.15) is 5.76 Å². The Hall–Kier alpha value is -0.640. The van der Waals surface area contributed by atoms with E-state index < -0.39 is 7.82 Å². The van der Waals surface area contributed by atoms with Crippen LogP contribution in [0.5, 0.6) is 0 Å². The van der Waals surface area contributed by atoms with E-state index in [1.807, 2.05) is 0 Å². The quantitative estimate of drug-likeness (QED) is 0.394. The average molecular weight is 250 g/mol. The van der Waals surface area contributed by atoms with E-state index in [1.54, 1.807) is 27.7 Å². The molecule has 0 unspecified atom stereocenters. The summed E-state index contributed by atoms with van der Waals surface area (Å²) in [7, 11) is -3.58. The number of phosphoric acid groups is 1. The maximum atomic E-state index is 11.9. The maximum Gasteiger partial charge on any atom is 0.529 e. The van der Waals surface area contributed by atoms with E-state index in [2.05, 4.69) is 0 Å². The first-order valence-electron chi connectivity index (χ1n) is 5.13. The van der Waals surface area contributed by atoms with E-state index in [1.165, 1.54) is 6.92 Å². The van der Waals surface area contributed by atoms with Crippen molar-refractivity contribution in [3.63, 3.8) is 0 Å². The molecule has 0 atom stereocenters. The summed E-state index contributed by atoms with van der Waals surface area (Å²) in [4.78, 5) is 11.1. The predicted octanol–water partition coefficient (Wildman–Crippen LogP) is 3.07. The van der Waals surface area contributed by atoms with E-state index in [0.29, 0.717) is 5.57 Å². The molecule has 0 amide bonds. The number of ketones is 1. The first-order valence-corrected chi connectivity index (χ1v) is 6.59. The normalized spacial score (nSPS) is 13.3. The van der Waals surface area contributed by atoms with Gasteiger partial charge in [0.05, 0.1) is 13.2 Å². The van der Waals surface area contributed by atoms with E-state index in [9.17, 15) is 9.36 Å². The highest BCUT2D eigenvalue weighted by molar-refractivity contribution is 7.48. The second-order valence-electron chi connectivity index (χ2n) is 3.11. The molecule has 0 fully saturated rings. The molecule has 0 aliphatic rings. The lowest BCUT2D eigenvalue weighted by Crippen LogP contribution is -2.03. The van der Waals surface area contributed by atoms with Crippen molar-refractivity contribution in [2.75, 3.05) is 13.2 Å². The van der Waals surface area contributed by atoms with Crippen molar-refractivity contribution in [2.24, 2.45) is 0 Å².